The van der Waals surface area contributed by atoms with Gasteiger partial charge in [-0.15, -0.1) is 11.8 Å². The summed E-state index contributed by atoms with van der Waals surface area (Å²) in [7, 11) is 0. The predicted molar refractivity (Wildman–Crippen MR) is 68.7 cm³/mol. The van der Waals surface area contributed by atoms with Crippen molar-refractivity contribution in [3.63, 3.8) is 0 Å². The Morgan fingerprint density at radius 3 is 2.80 bits per heavy atom. The minimum absolute atomic E-state index is 0.254. The van der Waals surface area contributed by atoms with Crippen LogP contribution in [-0.2, 0) is 0 Å². The molecule has 15 heavy (non-hydrogen) atoms. The maximum atomic E-state index is 13.2. The molecule has 1 aromatic carbocycles. The van der Waals surface area contributed by atoms with E-state index in [9.17, 15) is 4.39 Å². The number of hydrogen-bond donors (Lipinski definition) is 1. The highest BCUT2D eigenvalue weighted by molar-refractivity contribution is 9.10. The molecule has 0 bridgehead atoms. The minimum Gasteiger partial charge on any atom is -0.398 e. The number of nitrogens with two attached hydrogens (primary N) is 1. The van der Waals surface area contributed by atoms with Gasteiger partial charge in [0.15, 0.2) is 0 Å². The second-order valence-corrected chi connectivity index (χ2v) is 5.54. The van der Waals surface area contributed by atoms with Gasteiger partial charge >= 0.3 is 0 Å². The van der Waals surface area contributed by atoms with E-state index in [4.69, 9.17) is 5.73 Å². The molecule has 0 amide bonds. The first-order valence-electron chi connectivity index (χ1n) is 4.92. The van der Waals surface area contributed by atoms with Crippen molar-refractivity contribution in [1.29, 1.82) is 0 Å². The molecular weight excluding hydrogens is 277 g/mol. The van der Waals surface area contributed by atoms with Crippen molar-refractivity contribution >= 4 is 33.4 Å². The SMILES string of the molecule is CCC(C)CSc1cc(F)c(Br)cc1N. The summed E-state index contributed by atoms with van der Waals surface area (Å²) in [6.45, 7) is 4.33. The van der Waals surface area contributed by atoms with Crippen molar-refractivity contribution in [3.8, 4) is 0 Å². The van der Waals surface area contributed by atoms with Crippen molar-refractivity contribution in [2.45, 2.75) is 25.2 Å². The Labute approximate surface area is 103 Å². The van der Waals surface area contributed by atoms with Crippen LogP contribution in [0.25, 0.3) is 0 Å². The third-order valence-electron chi connectivity index (χ3n) is 2.27. The molecular formula is C11H15BrFNS. The summed E-state index contributed by atoms with van der Waals surface area (Å²) in [5.41, 5.74) is 6.44. The summed E-state index contributed by atoms with van der Waals surface area (Å²) < 4.78 is 13.7. The molecule has 0 heterocycles. The van der Waals surface area contributed by atoms with E-state index >= 15 is 0 Å². The zero-order valence-electron chi connectivity index (χ0n) is 8.89. The van der Waals surface area contributed by atoms with E-state index in [0.717, 1.165) is 17.1 Å². The van der Waals surface area contributed by atoms with Crippen molar-refractivity contribution < 1.29 is 4.39 Å². The van der Waals surface area contributed by atoms with Crippen LogP contribution >= 0.6 is 27.7 Å². The lowest BCUT2D eigenvalue weighted by Crippen LogP contribution is -1.97. The minimum atomic E-state index is -0.254. The molecule has 4 heteroatoms. The fourth-order valence-electron chi connectivity index (χ4n) is 1.02. The average molecular weight is 292 g/mol. The quantitative estimate of drug-likeness (QED) is 0.661. The third-order valence-corrected chi connectivity index (χ3v) is 4.28. The lowest BCUT2D eigenvalue weighted by molar-refractivity contribution is 0.617. The Hall–Kier alpha value is -0.220. The molecule has 0 saturated heterocycles. The fourth-order valence-corrected chi connectivity index (χ4v) is 2.49. The van der Waals surface area contributed by atoms with E-state index in [1.807, 2.05) is 0 Å². The third kappa shape index (κ3) is 3.68. The topological polar surface area (TPSA) is 26.0 Å². The standard InChI is InChI=1S/C11H15BrFNS/c1-3-7(2)6-15-11-5-9(13)8(12)4-10(11)14/h4-5,7H,3,6,14H2,1-2H3. The number of benzene rings is 1. The normalized spacial score (nSPS) is 12.8. The number of anilines is 1. The lowest BCUT2D eigenvalue weighted by atomic mass is 10.2. The molecule has 2 N–H and O–H groups in total. The van der Waals surface area contributed by atoms with Crippen molar-refractivity contribution in [1.82, 2.24) is 0 Å². The molecule has 0 aliphatic heterocycles. The molecule has 0 saturated carbocycles. The van der Waals surface area contributed by atoms with Gasteiger partial charge < -0.3 is 5.73 Å². The Kier molecular flexibility index (Phi) is 4.93. The molecule has 1 nitrogen and oxygen atoms in total. The van der Waals surface area contributed by atoms with Gasteiger partial charge in [0.1, 0.15) is 5.82 Å². The highest BCUT2D eigenvalue weighted by Crippen LogP contribution is 2.31. The highest BCUT2D eigenvalue weighted by atomic mass is 79.9. The Morgan fingerprint density at radius 2 is 2.20 bits per heavy atom. The molecule has 1 rings (SSSR count). The van der Waals surface area contributed by atoms with E-state index in [1.54, 1.807) is 17.8 Å². The van der Waals surface area contributed by atoms with E-state index < -0.39 is 0 Å². The molecule has 1 unspecified atom stereocenters. The van der Waals surface area contributed by atoms with Gasteiger partial charge in [-0.25, -0.2) is 4.39 Å². The van der Waals surface area contributed by atoms with Gasteiger partial charge in [0, 0.05) is 16.3 Å². The fraction of sp³-hybridized carbons (Fsp3) is 0.455. The van der Waals surface area contributed by atoms with Gasteiger partial charge in [-0.1, -0.05) is 20.3 Å². The van der Waals surface area contributed by atoms with Crippen LogP contribution in [0.3, 0.4) is 0 Å². The van der Waals surface area contributed by atoms with E-state index in [2.05, 4.69) is 29.8 Å². The van der Waals surface area contributed by atoms with Crippen LogP contribution < -0.4 is 5.73 Å². The van der Waals surface area contributed by atoms with Crippen molar-refractivity contribution in [2.24, 2.45) is 5.92 Å². The molecule has 84 valence electrons. The van der Waals surface area contributed by atoms with Crippen LogP contribution in [-0.4, -0.2) is 5.75 Å². The monoisotopic (exact) mass is 291 g/mol. The summed E-state index contributed by atoms with van der Waals surface area (Å²) in [6, 6.07) is 3.11. The van der Waals surface area contributed by atoms with Crippen molar-refractivity contribution in [3.05, 3.63) is 22.4 Å². The smallest absolute Gasteiger partial charge is 0.138 e. The first kappa shape index (κ1) is 12.8. The summed E-state index contributed by atoms with van der Waals surface area (Å²) in [5.74, 6) is 1.35. The summed E-state index contributed by atoms with van der Waals surface area (Å²) >= 11 is 4.73. The van der Waals surface area contributed by atoms with Crippen molar-refractivity contribution in [2.75, 3.05) is 11.5 Å². The number of hydrogen-bond acceptors (Lipinski definition) is 2. The molecule has 0 fully saturated rings. The van der Waals surface area contributed by atoms with E-state index in [1.165, 1.54) is 6.07 Å². The molecule has 0 aromatic heterocycles. The Bertz CT molecular complexity index is 344. The number of nitrogen functional groups attached to an aromatic ring is 1. The second kappa shape index (κ2) is 5.75. The maximum absolute atomic E-state index is 13.2. The zero-order chi connectivity index (χ0) is 11.4. The van der Waals surface area contributed by atoms with Crippen LogP contribution in [0.15, 0.2) is 21.5 Å². The van der Waals surface area contributed by atoms with Gasteiger partial charge in [-0.3, -0.25) is 0 Å². The van der Waals surface area contributed by atoms with Crippen LogP contribution in [0.2, 0.25) is 0 Å². The second-order valence-electron chi connectivity index (χ2n) is 3.63. The zero-order valence-corrected chi connectivity index (χ0v) is 11.3. The molecule has 0 spiro atoms. The highest BCUT2D eigenvalue weighted by Gasteiger charge is 2.08. The molecule has 1 atom stereocenters. The van der Waals surface area contributed by atoms with Crippen LogP contribution in [0.4, 0.5) is 10.1 Å². The van der Waals surface area contributed by atoms with Gasteiger partial charge in [0.25, 0.3) is 0 Å². The van der Waals surface area contributed by atoms with Gasteiger partial charge in [0.2, 0.25) is 0 Å². The summed E-state index contributed by atoms with van der Waals surface area (Å²) in [6.07, 6.45) is 1.13. The molecule has 1 aromatic rings. The average Bonchev–Trinajstić information content (AvgIpc) is 2.21. The van der Waals surface area contributed by atoms with Gasteiger partial charge in [-0.05, 0) is 34.0 Å². The molecule has 0 aliphatic rings. The number of halogens is 2. The lowest BCUT2D eigenvalue weighted by Gasteiger charge is -2.10. The number of thioether (sulfide) groups is 1. The van der Waals surface area contributed by atoms with E-state index in [-0.39, 0.29) is 5.82 Å². The van der Waals surface area contributed by atoms with E-state index in [0.29, 0.717) is 16.1 Å². The molecule has 0 radical (unpaired) electrons. The number of rotatable bonds is 4. The summed E-state index contributed by atoms with van der Waals surface area (Å²) in [4.78, 5) is 0.830. The Balaban J connectivity index is 2.73. The first-order chi connectivity index (χ1) is 7.04. The van der Waals surface area contributed by atoms with Gasteiger partial charge in [0.05, 0.1) is 4.47 Å². The maximum Gasteiger partial charge on any atom is 0.138 e. The Morgan fingerprint density at radius 1 is 1.53 bits per heavy atom. The molecule has 0 aliphatic carbocycles. The van der Waals surface area contributed by atoms with Crippen LogP contribution in [0.1, 0.15) is 20.3 Å². The van der Waals surface area contributed by atoms with Crippen LogP contribution in [0, 0.1) is 11.7 Å². The van der Waals surface area contributed by atoms with Gasteiger partial charge in [-0.2, -0.15) is 0 Å². The summed E-state index contributed by atoms with van der Waals surface area (Å²) in [5, 5.41) is 0. The predicted octanol–water partition coefficient (Wildman–Crippen LogP) is 4.31. The largest absolute Gasteiger partial charge is 0.398 e. The first-order valence-corrected chi connectivity index (χ1v) is 6.69. The van der Waals surface area contributed by atoms with Crippen LogP contribution in [0.5, 0.6) is 0 Å².